The summed E-state index contributed by atoms with van der Waals surface area (Å²) in [6.07, 6.45) is 0.489. The number of ether oxygens (including phenoxy) is 1. The van der Waals surface area contributed by atoms with Gasteiger partial charge >= 0.3 is 0 Å². The van der Waals surface area contributed by atoms with E-state index in [1.807, 2.05) is 0 Å². The van der Waals surface area contributed by atoms with Crippen molar-refractivity contribution in [1.29, 1.82) is 0 Å². The second kappa shape index (κ2) is 3.97. The fraction of sp³-hybridized carbons (Fsp3) is 1.00. The zero-order valence-corrected chi connectivity index (χ0v) is 9.63. The molecule has 0 radical (unpaired) electrons. The van der Waals surface area contributed by atoms with Gasteiger partial charge in [-0.1, -0.05) is 27.7 Å². The molecule has 1 saturated heterocycles. The molecule has 2 nitrogen and oxygen atoms in total. The second-order valence-electron chi connectivity index (χ2n) is 5.20. The van der Waals surface area contributed by atoms with Crippen molar-refractivity contribution in [2.75, 3.05) is 26.7 Å². The van der Waals surface area contributed by atoms with Crippen LogP contribution in [-0.2, 0) is 4.74 Å². The lowest BCUT2D eigenvalue weighted by Gasteiger charge is -2.44. The number of methoxy groups -OCH3 is 1. The summed E-state index contributed by atoms with van der Waals surface area (Å²) in [6.45, 7) is 12.7. The molecule has 0 unspecified atom stereocenters. The molecule has 0 N–H and O–H groups in total. The third kappa shape index (κ3) is 2.68. The Morgan fingerprint density at radius 3 is 2.31 bits per heavy atom. The van der Waals surface area contributed by atoms with E-state index in [2.05, 4.69) is 32.6 Å². The van der Waals surface area contributed by atoms with Gasteiger partial charge in [-0.15, -0.1) is 0 Å². The van der Waals surface area contributed by atoms with Crippen LogP contribution in [0, 0.1) is 11.3 Å². The van der Waals surface area contributed by atoms with Gasteiger partial charge in [0.25, 0.3) is 0 Å². The molecule has 2 heteroatoms. The Labute approximate surface area is 82.3 Å². The molecular formula is C11H23NO. The van der Waals surface area contributed by atoms with E-state index in [9.17, 15) is 0 Å². The lowest BCUT2D eigenvalue weighted by Crippen LogP contribution is -2.55. The van der Waals surface area contributed by atoms with E-state index in [-0.39, 0.29) is 0 Å². The van der Waals surface area contributed by atoms with Crippen LogP contribution in [0.15, 0.2) is 0 Å². The van der Waals surface area contributed by atoms with Crippen molar-refractivity contribution in [2.45, 2.75) is 33.8 Å². The van der Waals surface area contributed by atoms with E-state index in [1.165, 1.54) is 6.54 Å². The molecule has 13 heavy (non-hydrogen) atoms. The normalized spacial score (nSPS) is 20.8. The Bertz CT molecular complexity index is 159. The van der Waals surface area contributed by atoms with E-state index >= 15 is 0 Å². The maximum atomic E-state index is 5.25. The first-order chi connectivity index (χ1) is 5.95. The van der Waals surface area contributed by atoms with Gasteiger partial charge in [0.2, 0.25) is 0 Å². The highest BCUT2D eigenvalue weighted by Crippen LogP contribution is 2.29. The standard InChI is InChI=1S/C11H23NO/c1-9(2)11(3,4)8-12-6-10(7-12)13-5/h9-10H,6-8H2,1-5H3. The zero-order valence-electron chi connectivity index (χ0n) is 9.63. The molecule has 1 rings (SSSR count). The lowest BCUT2D eigenvalue weighted by atomic mass is 9.80. The van der Waals surface area contributed by atoms with Crippen LogP contribution < -0.4 is 0 Å². The molecule has 1 aliphatic heterocycles. The number of nitrogens with zero attached hydrogens (tertiary/aromatic N) is 1. The van der Waals surface area contributed by atoms with Crippen LogP contribution in [0.1, 0.15) is 27.7 Å². The highest BCUT2D eigenvalue weighted by atomic mass is 16.5. The molecule has 0 aliphatic carbocycles. The minimum absolute atomic E-state index is 0.429. The molecule has 0 aromatic carbocycles. The minimum Gasteiger partial charge on any atom is -0.379 e. The summed E-state index contributed by atoms with van der Waals surface area (Å²) in [5.41, 5.74) is 0.429. The maximum Gasteiger partial charge on any atom is 0.0824 e. The molecule has 0 aromatic heterocycles. The average Bonchev–Trinajstić information content (AvgIpc) is 1.95. The van der Waals surface area contributed by atoms with Crippen LogP contribution in [-0.4, -0.2) is 37.7 Å². The summed E-state index contributed by atoms with van der Waals surface area (Å²) in [4.78, 5) is 2.48. The van der Waals surface area contributed by atoms with Gasteiger partial charge < -0.3 is 4.74 Å². The Morgan fingerprint density at radius 2 is 1.92 bits per heavy atom. The van der Waals surface area contributed by atoms with Crippen LogP contribution in [0.5, 0.6) is 0 Å². The number of hydrogen-bond donors (Lipinski definition) is 0. The van der Waals surface area contributed by atoms with Crippen molar-refractivity contribution in [3.05, 3.63) is 0 Å². The number of rotatable bonds is 4. The smallest absolute Gasteiger partial charge is 0.0824 e. The topological polar surface area (TPSA) is 12.5 Å². The van der Waals surface area contributed by atoms with Crippen molar-refractivity contribution in [1.82, 2.24) is 4.90 Å². The fourth-order valence-corrected chi connectivity index (χ4v) is 1.56. The van der Waals surface area contributed by atoms with Crippen LogP contribution >= 0.6 is 0 Å². The van der Waals surface area contributed by atoms with E-state index in [4.69, 9.17) is 4.74 Å². The molecule has 0 aromatic rings. The molecule has 1 aliphatic rings. The van der Waals surface area contributed by atoms with Crippen molar-refractivity contribution in [2.24, 2.45) is 11.3 Å². The van der Waals surface area contributed by atoms with E-state index < -0.39 is 0 Å². The van der Waals surface area contributed by atoms with Gasteiger partial charge in [-0.2, -0.15) is 0 Å². The monoisotopic (exact) mass is 185 g/mol. The van der Waals surface area contributed by atoms with E-state index in [1.54, 1.807) is 7.11 Å². The molecule has 1 fully saturated rings. The molecule has 0 bridgehead atoms. The van der Waals surface area contributed by atoms with Gasteiger partial charge in [0.15, 0.2) is 0 Å². The van der Waals surface area contributed by atoms with Crippen molar-refractivity contribution in [3.8, 4) is 0 Å². The molecule has 78 valence electrons. The first-order valence-corrected chi connectivity index (χ1v) is 5.21. The largest absolute Gasteiger partial charge is 0.379 e. The van der Waals surface area contributed by atoms with Crippen LogP contribution in [0.2, 0.25) is 0 Å². The Morgan fingerprint density at radius 1 is 1.38 bits per heavy atom. The summed E-state index contributed by atoms with van der Waals surface area (Å²) >= 11 is 0. The molecule has 0 amide bonds. The van der Waals surface area contributed by atoms with Gasteiger partial charge in [0.1, 0.15) is 0 Å². The Kier molecular flexibility index (Phi) is 3.36. The van der Waals surface area contributed by atoms with Crippen LogP contribution in [0.4, 0.5) is 0 Å². The van der Waals surface area contributed by atoms with Gasteiger partial charge in [-0.3, -0.25) is 4.90 Å². The lowest BCUT2D eigenvalue weighted by molar-refractivity contribution is -0.0489. The highest BCUT2D eigenvalue weighted by Gasteiger charge is 2.32. The first-order valence-electron chi connectivity index (χ1n) is 5.21. The van der Waals surface area contributed by atoms with Gasteiger partial charge in [-0.05, 0) is 11.3 Å². The zero-order chi connectivity index (χ0) is 10.1. The SMILES string of the molecule is COC1CN(CC(C)(C)C(C)C)C1. The third-order valence-electron chi connectivity index (χ3n) is 3.45. The fourth-order valence-electron chi connectivity index (χ4n) is 1.56. The Hall–Kier alpha value is -0.0800. The molecule has 0 atom stereocenters. The van der Waals surface area contributed by atoms with Gasteiger partial charge in [0.05, 0.1) is 6.10 Å². The highest BCUT2D eigenvalue weighted by molar-refractivity contribution is 4.85. The van der Waals surface area contributed by atoms with Crippen molar-refractivity contribution in [3.63, 3.8) is 0 Å². The molecule has 1 heterocycles. The summed E-state index contributed by atoms with van der Waals surface area (Å²) in [6, 6.07) is 0. The van der Waals surface area contributed by atoms with Crippen LogP contribution in [0.25, 0.3) is 0 Å². The van der Waals surface area contributed by atoms with Crippen molar-refractivity contribution >= 4 is 0 Å². The summed E-state index contributed by atoms with van der Waals surface area (Å²) in [5, 5.41) is 0. The van der Waals surface area contributed by atoms with E-state index in [0.29, 0.717) is 11.5 Å². The van der Waals surface area contributed by atoms with Gasteiger partial charge in [0, 0.05) is 26.7 Å². The second-order valence-corrected chi connectivity index (χ2v) is 5.20. The number of hydrogen-bond acceptors (Lipinski definition) is 2. The summed E-state index contributed by atoms with van der Waals surface area (Å²) in [7, 11) is 1.80. The predicted octanol–water partition coefficient (Wildman–Crippen LogP) is 2.00. The minimum atomic E-state index is 0.429. The molecule has 0 saturated carbocycles. The van der Waals surface area contributed by atoms with E-state index in [0.717, 1.165) is 19.0 Å². The quantitative estimate of drug-likeness (QED) is 0.664. The number of likely N-dealkylation sites (tertiary alicyclic amines) is 1. The predicted molar refractivity (Wildman–Crippen MR) is 55.9 cm³/mol. The van der Waals surface area contributed by atoms with Gasteiger partial charge in [-0.25, -0.2) is 0 Å². The maximum absolute atomic E-state index is 5.25. The third-order valence-corrected chi connectivity index (χ3v) is 3.45. The van der Waals surface area contributed by atoms with Crippen LogP contribution in [0.3, 0.4) is 0 Å². The molecule has 0 spiro atoms. The summed E-state index contributed by atoms with van der Waals surface area (Å²) in [5.74, 6) is 0.745. The molecular weight excluding hydrogens is 162 g/mol. The van der Waals surface area contributed by atoms with Crippen molar-refractivity contribution < 1.29 is 4.74 Å². The average molecular weight is 185 g/mol. The summed E-state index contributed by atoms with van der Waals surface area (Å²) < 4.78 is 5.25. The Balaban J connectivity index is 2.27. The first kappa shape index (κ1) is 11.0.